The average molecular weight is 322 g/mol. The molecule has 1 aliphatic rings. The summed E-state index contributed by atoms with van der Waals surface area (Å²) >= 11 is 0. The van der Waals surface area contributed by atoms with Gasteiger partial charge in [-0.25, -0.2) is 4.98 Å². The van der Waals surface area contributed by atoms with Crippen LogP contribution in [0.4, 0.5) is 0 Å². The third-order valence-corrected chi connectivity index (χ3v) is 4.67. The summed E-state index contributed by atoms with van der Waals surface area (Å²) in [6, 6.07) is 13.0. The third kappa shape index (κ3) is 2.72. The Morgan fingerprint density at radius 2 is 2.04 bits per heavy atom. The first-order valence-corrected chi connectivity index (χ1v) is 8.56. The summed E-state index contributed by atoms with van der Waals surface area (Å²) in [5, 5.41) is 2.42. The van der Waals surface area contributed by atoms with E-state index in [0.717, 1.165) is 18.4 Å². The van der Waals surface area contributed by atoms with E-state index in [1.54, 1.807) is 6.20 Å². The molecule has 124 valence electrons. The van der Waals surface area contributed by atoms with Gasteiger partial charge in [-0.2, -0.15) is 0 Å². The van der Waals surface area contributed by atoms with Gasteiger partial charge in [-0.1, -0.05) is 43.3 Å². The van der Waals surface area contributed by atoms with Gasteiger partial charge in [-0.3, -0.25) is 0 Å². The number of hydrogen-bond donors (Lipinski definition) is 0. The Hall–Kier alpha value is -2.17. The summed E-state index contributed by atoms with van der Waals surface area (Å²) < 4.78 is 14.5. The van der Waals surface area contributed by atoms with Gasteiger partial charge in [0, 0.05) is 18.0 Å². The fraction of sp³-hybridized carbons (Fsp3) is 0.350. The average Bonchev–Trinajstić information content (AvgIpc) is 3.14. The molecule has 0 radical (unpaired) electrons. The van der Waals surface area contributed by atoms with E-state index >= 15 is 0 Å². The zero-order chi connectivity index (χ0) is 16.4. The number of ether oxygens (including phenoxy) is 2. The molecule has 0 aliphatic carbocycles. The van der Waals surface area contributed by atoms with Crippen molar-refractivity contribution in [2.24, 2.45) is 0 Å². The van der Waals surface area contributed by atoms with Crippen LogP contribution < -0.4 is 0 Å². The number of imidazole rings is 1. The van der Waals surface area contributed by atoms with Gasteiger partial charge in [0.25, 0.3) is 0 Å². The summed E-state index contributed by atoms with van der Waals surface area (Å²) in [5.74, 6) is -0.759. The van der Waals surface area contributed by atoms with Gasteiger partial charge in [-0.05, 0) is 29.2 Å². The molecule has 0 N–H and O–H groups in total. The molecule has 3 aromatic rings. The SMILES string of the molecule is CCc1ccc2cccc(C3(Cn4ccnc4)OCCCO3)c2c1. The van der Waals surface area contributed by atoms with Crippen LogP contribution >= 0.6 is 0 Å². The molecule has 1 aliphatic heterocycles. The van der Waals surface area contributed by atoms with Crippen molar-refractivity contribution in [1.82, 2.24) is 9.55 Å². The predicted molar refractivity (Wildman–Crippen MR) is 93.8 cm³/mol. The highest BCUT2D eigenvalue weighted by molar-refractivity contribution is 5.87. The van der Waals surface area contributed by atoms with Gasteiger partial charge in [0.15, 0.2) is 0 Å². The third-order valence-electron chi connectivity index (χ3n) is 4.67. The maximum atomic E-state index is 6.24. The van der Waals surface area contributed by atoms with Crippen LogP contribution in [0.1, 0.15) is 24.5 Å². The lowest BCUT2D eigenvalue weighted by Crippen LogP contribution is -2.41. The molecule has 4 nitrogen and oxygen atoms in total. The van der Waals surface area contributed by atoms with Crippen molar-refractivity contribution in [3.05, 3.63) is 66.2 Å². The fourth-order valence-corrected chi connectivity index (χ4v) is 3.40. The lowest BCUT2D eigenvalue weighted by atomic mass is 9.95. The Bertz CT molecular complexity index is 821. The normalized spacial score (nSPS) is 17.2. The molecule has 4 heteroatoms. The molecule has 2 aromatic carbocycles. The van der Waals surface area contributed by atoms with Gasteiger partial charge in [-0.15, -0.1) is 0 Å². The molecule has 24 heavy (non-hydrogen) atoms. The number of benzene rings is 2. The van der Waals surface area contributed by atoms with E-state index in [9.17, 15) is 0 Å². The highest BCUT2D eigenvalue weighted by atomic mass is 16.7. The van der Waals surface area contributed by atoms with E-state index in [2.05, 4.69) is 48.3 Å². The Labute approximate surface area is 142 Å². The van der Waals surface area contributed by atoms with E-state index < -0.39 is 5.79 Å². The van der Waals surface area contributed by atoms with E-state index in [1.807, 2.05) is 17.1 Å². The molecule has 0 bridgehead atoms. The van der Waals surface area contributed by atoms with Crippen LogP contribution in [0, 0.1) is 0 Å². The van der Waals surface area contributed by atoms with E-state index in [0.29, 0.717) is 19.8 Å². The quantitative estimate of drug-likeness (QED) is 0.731. The van der Waals surface area contributed by atoms with Gasteiger partial charge in [0.2, 0.25) is 5.79 Å². The first-order chi connectivity index (χ1) is 11.8. The molecule has 1 fully saturated rings. The van der Waals surface area contributed by atoms with Crippen molar-refractivity contribution in [1.29, 1.82) is 0 Å². The van der Waals surface area contributed by atoms with Crippen LogP contribution in [0.25, 0.3) is 10.8 Å². The molecule has 1 aromatic heterocycles. The maximum Gasteiger partial charge on any atom is 0.214 e. The zero-order valence-corrected chi connectivity index (χ0v) is 13.9. The second-order valence-electron chi connectivity index (χ2n) is 6.25. The number of aryl methyl sites for hydroxylation is 1. The van der Waals surface area contributed by atoms with Crippen LogP contribution in [-0.4, -0.2) is 22.8 Å². The van der Waals surface area contributed by atoms with Crippen molar-refractivity contribution in [2.45, 2.75) is 32.1 Å². The highest BCUT2D eigenvalue weighted by Gasteiger charge is 2.38. The first-order valence-electron chi connectivity index (χ1n) is 8.56. The maximum absolute atomic E-state index is 6.24. The number of fused-ring (bicyclic) bond motifs is 1. The van der Waals surface area contributed by atoms with Gasteiger partial charge < -0.3 is 14.0 Å². The molecule has 2 heterocycles. The Kier molecular flexibility index (Phi) is 4.08. The zero-order valence-electron chi connectivity index (χ0n) is 13.9. The van der Waals surface area contributed by atoms with Gasteiger partial charge in [0.05, 0.1) is 26.1 Å². The van der Waals surface area contributed by atoms with Gasteiger partial charge in [0.1, 0.15) is 0 Å². The Balaban J connectivity index is 1.87. The summed E-state index contributed by atoms with van der Waals surface area (Å²) in [5.41, 5.74) is 2.42. The van der Waals surface area contributed by atoms with Crippen LogP contribution in [0.15, 0.2) is 55.1 Å². The van der Waals surface area contributed by atoms with Crippen LogP contribution in [0.3, 0.4) is 0 Å². The molecular weight excluding hydrogens is 300 g/mol. The van der Waals surface area contributed by atoms with Crippen molar-refractivity contribution < 1.29 is 9.47 Å². The van der Waals surface area contributed by atoms with Crippen molar-refractivity contribution in [2.75, 3.05) is 13.2 Å². The van der Waals surface area contributed by atoms with Crippen LogP contribution in [-0.2, 0) is 28.2 Å². The van der Waals surface area contributed by atoms with E-state index in [4.69, 9.17) is 9.47 Å². The van der Waals surface area contributed by atoms with Crippen LogP contribution in [0.5, 0.6) is 0 Å². The molecule has 0 saturated carbocycles. The Morgan fingerprint density at radius 1 is 1.17 bits per heavy atom. The number of aromatic nitrogens is 2. The topological polar surface area (TPSA) is 36.3 Å². The smallest absolute Gasteiger partial charge is 0.214 e. The molecule has 1 saturated heterocycles. The van der Waals surface area contributed by atoms with Crippen molar-refractivity contribution >= 4 is 10.8 Å². The van der Waals surface area contributed by atoms with Gasteiger partial charge >= 0.3 is 0 Å². The summed E-state index contributed by atoms with van der Waals surface area (Å²) in [7, 11) is 0. The van der Waals surface area contributed by atoms with Crippen molar-refractivity contribution in [3.63, 3.8) is 0 Å². The highest BCUT2D eigenvalue weighted by Crippen LogP contribution is 2.37. The second kappa shape index (κ2) is 6.38. The monoisotopic (exact) mass is 322 g/mol. The Morgan fingerprint density at radius 3 is 2.79 bits per heavy atom. The second-order valence-corrected chi connectivity index (χ2v) is 6.25. The molecule has 0 spiro atoms. The largest absolute Gasteiger partial charge is 0.344 e. The standard InChI is InChI=1S/C20H22N2O2/c1-2-16-7-8-17-5-3-6-19(18(17)13-16)20(23-11-4-12-24-20)14-22-10-9-21-15-22/h3,5-10,13,15H,2,4,11-12,14H2,1H3. The number of hydrogen-bond acceptors (Lipinski definition) is 3. The minimum Gasteiger partial charge on any atom is -0.344 e. The summed E-state index contributed by atoms with van der Waals surface area (Å²) in [6.45, 7) is 4.19. The van der Waals surface area contributed by atoms with E-state index in [-0.39, 0.29) is 0 Å². The molecule has 0 atom stereocenters. The minimum absolute atomic E-state index is 0.600. The summed E-state index contributed by atoms with van der Waals surface area (Å²) in [4.78, 5) is 4.15. The predicted octanol–water partition coefficient (Wildman–Crippen LogP) is 3.89. The molecule has 4 rings (SSSR count). The summed E-state index contributed by atoms with van der Waals surface area (Å²) in [6.07, 6.45) is 7.49. The number of rotatable bonds is 4. The lowest BCUT2D eigenvalue weighted by Gasteiger charge is -2.38. The molecule has 0 amide bonds. The van der Waals surface area contributed by atoms with E-state index in [1.165, 1.54) is 16.3 Å². The van der Waals surface area contributed by atoms with Crippen LogP contribution in [0.2, 0.25) is 0 Å². The molecule has 0 unspecified atom stereocenters. The molecular formula is C20H22N2O2. The number of nitrogens with zero attached hydrogens (tertiary/aromatic N) is 2. The first kappa shape index (κ1) is 15.4. The lowest BCUT2D eigenvalue weighted by molar-refractivity contribution is -0.282. The minimum atomic E-state index is -0.759. The fourth-order valence-electron chi connectivity index (χ4n) is 3.40. The van der Waals surface area contributed by atoms with Crippen molar-refractivity contribution in [3.8, 4) is 0 Å².